The van der Waals surface area contributed by atoms with Gasteiger partial charge in [-0.25, -0.2) is 0 Å². The number of benzene rings is 1. The summed E-state index contributed by atoms with van der Waals surface area (Å²) in [7, 11) is 0. The standard InChI is InChI=1S/C26H38N2O6/c1-4-9-22(18-24(30)27-13-15-33-16-14-29)25(31)28-20(3)19-34-26(32)23(10-5-2)17-21-11-7-6-8-12-21/h4-8,11-12,20,22-23,29H,1-2,9-10,13-19H2,3H3,(H,27,30)(H,28,31). The van der Waals surface area contributed by atoms with Crippen LogP contribution in [0.2, 0.25) is 0 Å². The second kappa shape index (κ2) is 17.5. The summed E-state index contributed by atoms with van der Waals surface area (Å²) in [5.41, 5.74) is 1.04. The average molecular weight is 475 g/mol. The minimum atomic E-state index is -0.583. The first-order valence-electron chi connectivity index (χ1n) is 11.6. The fourth-order valence-electron chi connectivity index (χ4n) is 3.30. The van der Waals surface area contributed by atoms with Crippen LogP contribution >= 0.6 is 0 Å². The van der Waals surface area contributed by atoms with Crippen molar-refractivity contribution in [3.8, 4) is 0 Å². The summed E-state index contributed by atoms with van der Waals surface area (Å²) in [6.07, 6.45) is 4.68. The van der Waals surface area contributed by atoms with Gasteiger partial charge in [-0.15, -0.1) is 13.2 Å². The molecule has 0 aliphatic rings. The van der Waals surface area contributed by atoms with Crippen molar-refractivity contribution >= 4 is 17.8 Å². The molecule has 0 spiro atoms. The SMILES string of the molecule is C=CCC(CC(=O)NCCOCCO)C(=O)NC(C)COC(=O)C(CC=C)Cc1ccccc1. The summed E-state index contributed by atoms with van der Waals surface area (Å²) in [4.78, 5) is 37.4. The summed E-state index contributed by atoms with van der Waals surface area (Å²) in [5.74, 6) is -1.85. The molecule has 188 valence electrons. The van der Waals surface area contributed by atoms with E-state index in [4.69, 9.17) is 14.6 Å². The minimum absolute atomic E-state index is 0.00282. The predicted molar refractivity (Wildman–Crippen MR) is 131 cm³/mol. The van der Waals surface area contributed by atoms with E-state index in [1.165, 1.54) is 0 Å². The molecule has 8 nitrogen and oxygen atoms in total. The third-order valence-corrected chi connectivity index (χ3v) is 5.03. The third-order valence-electron chi connectivity index (χ3n) is 5.03. The first kappa shape index (κ1) is 29.1. The highest BCUT2D eigenvalue weighted by atomic mass is 16.5. The van der Waals surface area contributed by atoms with Crippen LogP contribution < -0.4 is 10.6 Å². The van der Waals surface area contributed by atoms with Gasteiger partial charge in [-0.05, 0) is 31.7 Å². The molecule has 0 fully saturated rings. The Morgan fingerprint density at radius 2 is 1.74 bits per heavy atom. The molecule has 0 heterocycles. The molecular weight excluding hydrogens is 436 g/mol. The van der Waals surface area contributed by atoms with Crippen LogP contribution in [0.25, 0.3) is 0 Å². The lowest BCUT2D eigenvalue weighted by Gasteiger charge is -2.21. The van der Waals surface area contributed by atoms with Crippen molar-refractivity contribution in [1.29, 1.82) is 0 Å². The second-order valence-electron chi connectivity index (χ2n) is 8.06. The van der Waals surface area contributed by atoms with Crippen LogP contribution in [0.4, 0.5) is 0 Å². The minimum Gasteiger partial charge on any atom is -0.463 e. The average Bonchev–Trinajstić information content (AvgIpc) is 2.82. The summed E-state index contributed by atoms with van der Waals surface area (Å²) < 4.78 is 10.6. The van der Waals surface area contributed by atoms with Gasteiger partial charge < -0.3 is 25.2 Å². The van der Waals surface area contributed by atoms with E-state index in [0.717, 1.165) is 5.56 Å². The van der Waals surface area contributed by atoms with Crippen LogP contribution in [-0.4, -0.2) is 61.9 Å². The molecule has 3 unspecified atom stereocenters. The van der Waals surface area contributed by atoms with E-state index >= 15 is 0 Å². The van der Waals surface area contributed by atoms with Crippen molar-refractivity contribution in [2.24, 2.45) is 11.8 Å². The maximum absolute atomic E-state index is 12.7. The van der Waals surface area contributed by atoms with Gasteiger partial charge in [0.1, 0.15) is 6.61 Å². The Bertz CT molecular complexity index is 768. The van der Waals surface area contributed by atoms with Crippen LogP contribution in [0.5, 0.6) is 0 Å². The first-order valence-corrected chi connectivity index (χ1v) is 11.6. The Balaban J connectivity index is 2.50. The van der Waals surface area contributed by atoms with Gasteiger partial charge in [-0.2, -0.15) is 0 Å². The van der Waals surface area contributed by atoms with Gasteiger partial charge in [-0.3, -0.25) is 14.4 Å². The molecule has 3 N–H and O–H groups in total. The zero-order chi connectivity index (χ0) is 25.2. The number of amides is 2. The molecular formula is C26H38N2O6. The molecule has 0 aliphatic carbocycles. The molecule has 8 heteroatoms. The fourth-order valence-corrected chi connectivity index (χ4v) is 3.30. The predicted octanol–water partition coefficient (Wildman–Crippen LogP) is 2.18. The summed E-state index contributed by atoms with van der Waals surface area (Å²) in [6.45, 7) is 9.87. The quantitative estimate of drug-likeness (QED) is 0.171. The molecule has 0 aromatic heterocycles. The molecule has 2 amide bonds. The topological polar surface area (TPSA) is 114 Å². The van der Waals surface area contributed by atoms with E-state index in [1.54, 1.807) is 19.1 Å². The smallest absolute Gasteiger partial charge is 0.309 e. The number of hydrogen-bond donors (Lipinski definition) is 3. The maximum Gasteiger partial charge on any atom is 0.309 e. The van der Waals surface area contributed by atoms with E-state index in [2.05, 4.69) is 23.8 Å². The van der Waals surface area contributed by atoms with Gasteiger partial charge in [0.15, 0.2) is 0 Å². The van der Waals surface area contributed by atoms with E-state index in [1.807, 2.05) is 30.3 Å². The highest BCUT2D eigenvalue weighted by molar-refractivity contribution is 5.86. The Morgan fingerprint density at radius 1 is 1.06 bits per heavy atom. The number of carbonyl (C=O) groups is 3. The van der Waals surface area contributed by atoms with Crippen LogP contribution in [0.15, 0.2) is 55.6 Å². The summed E-state index contributed by atoms with van der Waals surface area (Å²) in [5, 5.41) is 14.2. The van der Waals surface area contributed by atoms with Crippen molar-refractivity contribution in [2.75, 3.05) is 33.0 Å². The molecule has 1 aromatic carbocycles. The third kappa shape index (κ3) is 12.3. The van der Waals surface area contributed by atoms with Crippen molar-refractivity contribution in [2.45, 2.75) is 38.6 Å². The number of allylic oxidation sites excluding steroid dienone is 2. The Hall–Kier alpha value is -2.97. The van der Waals surface area contributed by atoms with Crippen molar-refractivity contribution in [3.05, 3.63) is 61.2 Å². The van der Waals surface area contributed by atoms with E-state index in [-0.39, 0.29) is 56.5 Å². The molecule has 34 heavy (non-hydrogen) atoms. The zero-order valence-corrected chi connectivity index (χ0v) is 20.0. The first-order chi connectivity index (χ1) is 16.4. The molecule has 0 aliphatic heterocycles. The molecule has 0 radical (unpaired) electrons. The number of aliphatic hydroxyl groups is 1. The lowest BCUT2D eigenvalue weighted by Crippen LogP contribution is -2.42. The second-order valence-corrected chi connectivity index (χ2v) is 8.06. The highest BCUT2D eigenvalue weighted by Crippen LogP contribution is 2.15. The number of aliphatic hydroxyl groups excluding tert-OH is 1. The summed E-state index contributed by atoms with van der Waals surface area (Å²) >= 11 is 0. The number of hydrogen-bond acceptors (Lipinski definition) is 6. The Morgan fingerprint density at radius 3 is 2.38 bits per heavy atom. The van der Waals surface area contributed by atoms with Crippen LogP contribution in [0.1, 0.15) is 31.7 Å². The van der Waals surface area contributed by atoms with Crippen LogP contribution in [0.3, 0.4) is 0 Å². The lowest BCUT2D eigenvalue weighted by molar-refractivity contribution is -0.149. The summed E-state index contributed by atoms with van der Waals surface area (Å²) in [6, 6.07) is 9.28. The molecule has 1 rings (SSSR count). The van der Waals surface area contributed by atoms with Gasteiger partial charge in [0, 0.05) is 13.0 Å². The number of carbonyl (C=O) groups excluding carboxylic acids is 3. The monoisotopic (exact) mass is 474 g/mol. The molecule has 0 bridgehead atoms. The Kier molecular flexibility index (Phi) is 15.0. The number of rotatable bonds is 18. The van der Waals surface area contributed by atoms with Crippen LogP contribution in [-0.2, 0) is 30.3 Å². The number of ether oxygens (including phenoxy) is 2. The molecule has 1 aromatic rings. The normalized spacial score (nSPS) is 13.2. The van der Waals surface area contributed by atoms with Gasteiger partial charge in [0.2, 0.25) is 11.8 Å². The molecule has 0 saturated heterocycles. The number of nitrogens with one attached hydrogen (secondary N) is 2. The van der Waals surface area contributed by atoms with Crippen molar-refractivity contribution in [3.63, 3.8) is 0 Å². The molecule has 3 atom stereocenters. The van der Waals surface area contributed by atoms with Gasteiger partial charge in [0.05, 0.1) is 37.7 Å². The van der Waals surface area contributed by atoms with E-state index in [9.17, 15) is 14.4 Å². The Labute approximate surface area is 202 Å². The highest BCUT2D eigenvalue weighted by Gasteiger charge is 2.24. The van der Waals surface area contributed by atoms with Crippen molar-refractivity contribution in [1.82, 2.24) is 10.6 Å². The lowest BCUT2D eigenvalue weighted by atomic mass is 9.96. The van der Waals surface area contributed by atoms with E-state index < -0.39 is 12.0 Å². The number of esters is 1. The van der Waals surface area contributed by atoms with Crippen LogP contribution in [0, 0.1) is 11.8 Å². The largest absolute Gasteiger partial charge is 0.463 e. The zero-order valence-electron chi connectivity index (χ0n) is 20.0. The maximum atomic E-state index is 12.7. The van der Waals surface area contributed by atoms with Gasteiger partial charge >= 0.3 is 5.97 Å². The molecule has 0 saturated carbocycles. The van der Waals surface area contributed by atoms with Gasteiger partial charge in [-0.1, -0.05) is 42.5 Å². The van der Waals surface area contributed by atoms with Crippen molar-refractivity contribution < 1.29 is 29.0 Å². The van der Waals surface area contributed by atoms with Gasteiger partial charge in [0.25, 0.3) is 0 Å². The fraction of sp³-hybridized carbons (Fsp3) is 0.500. The van der Waals surface area contributed by atoms with E-state index in [0.29, 0.717) is 25.8 Å².